The van der Waals surface area contributed by atoms with Crippen LogP contribution in [0.1, 0.15) is 24.9 Å². The number of nitrogens with zero attached hydrogens (tertiary/aromatic N) is 1. The number of quaternary nitrogens is 1. The van der Waals surface area contributed by atoms with Gasteiger partial charge in [0, 0.05) is 18.5 Å². The van der Waals surface area contributed by atoms with Gasteiger partial charge in [-0.2, -0.15) is 11.8 Å². The summed E-state index contributed by atoms with van der Waals surface area (Å²) >= 11 is 1.57. The summed E-state index contributed by atoms with van der Waals surface area (Å²) in [6, 6.07) is 5.45. The molecule has 0 unspecified atom stereocenters. The van der Waals surface area contributed by atoms with Gasteiger partial charge in [0.2, 0.25) is 17.4 Å². The Labute approximate surface area is 161 Å². The minimum absolute atomic E-state index is 0.264. The predicted octanol–water partition coefficient (Wildman–Crippen LogP) is 0.730. The van der Waals surface area contributed by atoms with Crippen molar-refractivity contribution in [3.8, 4) is 0 Å². The van der Waals surface area contributed by atoms with Gasteiger partial charge >= 0.3 is 5.97 Å². The Morgan fingerprint density at radius 1 is 1.30 bits per heavy atom. The molecule has 4 atom stereocenters. The summed E-state index contributed by atoms with van der Waals surface area (Å²) in [5.74, 6) is -2.25. The van der Waals surface area contributed by atoms with Crippen LogP contribution >= 0.6 is 11.8 Å². The van der Waals surface area contributed by atoms with E-state index < -0.39 is 29.4 Å². The Morgan fingerprint density at radius 3 is 2.52 bits per heavy atom. The maximum atomic E-state index is 13.4. The number of methoxy groups -OCH3 is 1. The van der Waals surface area contributed by atoms with E-state index in [1.54, 1.807) is 36.1 Å². The normalized spacial score (nSPS) is 29.9. The molecule has 2 amide bonds. The topological polar surface area (TPSA) is 80.3 Å². The predicted molar refractivity (Wildman–Crippen MR) is 98.2 cm³/mol. The molecule has 0 saturated carbocycles. The average Bonchev–Trinajstić information content (AvgIpc) is 3.14. The van der Waals surface area contributed by atoms with Crippen molar-refractivity contribution in [1.82, 2.24) is 4.90 Å². The van der Waals surface area contributed by atoms with Crippen LogP contribution in [0.15, 0.2) is 24.3 Å². The number of nitrogens with two attached hydrogens (primary N) is 1. The van der Waals surface area contributed by atoms with Gasteiger partial charge in [-0.25, -0.2) is 9.18 Å². The number of hydrogen-bond acceptors (Lipinski definition) is 5. The first kappa shape index (κ1) is 19.8. The summed E-state index contributed by atoms with van der Waals surface area (Å²) in [6.07, 6.45) is 2.34. The fourth-order valence-electron chi connectivity index (χ4n) is 4.48. The SMILES string of the molecule is CCN1C(=O)[C@H]2[C@@H](c3ccc(F)cc3)[NH2+][C@@](CCSC)(C(=O)OC)[C@@H]2C1=O. The third kappa shape index (κ3) is 3.04. The van der Waals surface area contributed by atoms with Gasteiger partial charge in [0.05, 0.1) is 7.11 Å². The van der Waals surface area contributed by atoms with Gasteiger partial charge in [-0.15, -0.1) is 0 Å². The van der Waals surface area contributed by atoms with Crippen LogP contribution in [0, 0.1) is 17.7 Å². The molecule has 2 aliphatic rings. The molecule has 1 aromatic rings. The molecule has 2 saturated heterocycles. The fraction of sp³-hybridized carbons (Fsp3) is 0.526. The lowest BCUT2D eigenvalue weighted by Crippen LogP contribution is -2.98. The highest BCUT2D eigenvalue weighted by Crippen LogP contribution is 2.45. The fourth-order valence-corrected chi connectivity index (χ4v) is 5.02. The lowest BCUT2D eigenvalue weighted by molar-refractivity contribution is -0.734. The van der Waals surface area contributed by atoms with Crippen LogP contribution in [0.3, 0.4) is 0 Å². The van der Waals surface area contributed by atoms with Crippen molar-refractivity contribution in [2.75, 3.05) is 25.7 Å². The van der Waals surface area contributed by atoms with E-state index in [4.69, 9.17) is 4.74 Å². The number of rotatable bonds is 6. The Hall–Kier alpha value is -1.93. The number of ether oxygens (including phenoxy) is 1. The zero-order chi connectivity index (χ0) is 19.8. The van der Waals surface area contributed by atoms with Crippen molar-refractivity contribution in [1.29, 1.82) is 0 Å². The Bertz CT molecular complexity index is 757. The van der Waals surface area contributed by atoms with Crippen LogP contribution < -0.4 is 5.32 Å². The number of likely N-dealkylation sites (tertiary alicyclic amines) is 1. The summed E-state index contributed by atoms with van der Waals surface area (Å²) in [6.45, 7) is 2.01. The molecule has 3 rings (SSSR count). The highest BCUT2D eigenvalue weighted by Gasteiger charge is 2.71. The molecular weight excluding hydrogens is 371 g/mol. The molecule has 27 heavy (non-hydrogen) atoms. The minimum atomic E-state index is -1.15. The molecule has 2 fully saturated rings. The third-order valence-electron chi connectivity index (χ3n) is 5.72. The molecule has 0 aromatic heterocycles. The second-order valence-electron chi connectivity index (χ2n) is 6.94. The summed E-state index contributed by atoms with van der Waals surface area (Å²) in [4.78, 5) is 40.2. The standard InChI is InChI=1S/C19H23FN2O4S/c1-4-22-16(23)13-14(17(22)24)19(9-10-27-3,18(25)26-2)21-15(13)11-5-7-12(20)8-6-11/h5-8,13-15,21H,4,9-10H2,1-3H3/p+1/t13-,14+,15-,19-/m1/s1. The molecule has 2 N–H and O–H groups in total. The second kappa shape index (κ2) is 7.59. The Balaban J connectivity index is 2.12. The van der Waals surface area contributed by atoms with Crippen LogP contribution in [0.4, 0.5) is 4.39 Å². The van der Waals surface area contributed by atoms with Crippen LogP contribution in [0.2, 0.25) is 0 Å². The third-order valence-corrected chi connectivity index (χ3v) is 6.33. The van der Waals surface area contributed by atoms with Crippen molar-refractivity contribution in [2.45, 2.75) is 24.9 Å². The molecule has 2 heterocycles. The van der Waals surface area contributed by atoms with E-state index in [1.807, 2.05) is 6.26 Å². The van der Waals surface area contributed by atoms with Crippen molar-refractivity contribution in [2.24, 2.45) is 11.8 Å². The number of hydrogen-bond donors (Lipinski definition) is 1. The number of esters is 1. The zero-order valence-electron chi connectivity index (χ0n) is 15.6. The number of imide groups is 1. The number of fused-ring (bicyclic) bond motifs is 1. The number of thioether (sulfide) groups is 1. The molecular formula is C19H24FN2O4S+. The summed E-state index contributed by atoms with van der Waals surface area (Å²) in [5.41, 5.74) is -0.432. The molecule has 146 valence electrons. The number of halogens is 1. The van der Waals surface area contributed by atoms with Crippen molar-refractivity contribution in [3.05, 3.63) is 35.6 Å². The molecule has 2 aliphatic heterocycles. The van der Waals surface area contributed by atoms with Crippen LogP contribution in [-0.4, -0.2) is 53.9 Å². The van der Waals surface area contributed by atoms with Gasteiger partial charge < -0.3 is 10.1 Å². The minimum Gasteiger partial charge on any atom is -0.464 e. The summed E-state index contributed by atoms with van der Waals surface area (Å²) < 4.78 is 18.5. The van der Waals surface area contributed by atoms with Crippen LogP contribution in [0.25, 0.3) is 0 Å². The average molecular weight is 395 g/mol. The van der Waals surface area contributed by atoms with Crippen molar-refractivity contribution < 1.29 is 28.8 Å². The molecule has 0 spiro atoms. The first-order valence-corrected chi connectivity index (χ1v) is 10.3. The zero-order valence-corrected chi connectivity index (χ0v) is 16.4. The quantitative estimate of drug-likeness (QED) is 0.567. The van der Waals surface area contributed by atoms with Gasteiger partial charge in [-0.3, -0.25) is 14.5 Å². The van der Waals surface area contributed by atoms with Gasteiger partial charge in [0.1, 0.15) is 23.7 Å². The molecule has 8 heteroatoms. The van der Waals surface area contributed by atoms with Gasteiger partial charge in [0.25, 0.3) is 0 Å². The highest BCUT2D eigenvalue weighted by atomic mass is 32.2. The van der Waals surface area contributed by atoms with E-state index in [2.05, 4.69) is 0 Å². The monoisotopic (exact) mass is 395 g/mol. The largest absolute Gasteiger partial charge is 0.464 e. The lowest BCUT2D eigenvalue weighted by Gasteiger charge is -2.29. The maximum Gasteiger partial charge on any atom is 0.368 e. The maximum absolute atomic E-state index is 13.4. The van der Waals surface area contributed by atoms with Crippen molar-refractivity contribution >= 4 is 29.5 Å². The van der Waals surface area contributed by atoms with E-state index in [0.717, 1.165) is 5.56 Å². The summed E-state index contributed by atoms with van der Waals surface area (Å²) in [7, 11) is 1.30. The van der Waals surface area contributed by atoms with Crippen LogP contribution in [-0.2, 0) is 19.1 Å². The molecule has 1 aromatic carbocycles. The van der Waals surface area contributed by atoms with E-state index in [1.165, 1.54) is 24.1 Å². The van der Waals surface area contributed by atoms with E-state index in [0.29, 0.717) is 12.2 Å². The second-order valence-corrected chi connectivity index (χ2v) is 7.93. The first-order valence-electron chi connectivity index (χ1n) is 8.95. The molecule has 6 nitrogen and oxygen atoms in total. The smallest absolute Gasteiger partial charge is 0.368 e. The number of benzene rings is 1. The number of carbonyl (C=O) groups excluding carboxylic acids is 3. The number of amides is 2. The summed E-state index contributed by atoms with van der Waals surface area (Å²) in [5, 5.41) is 1.81. The Morgan fingerprint density at radius 2 is 1.96 bits per heavy atom. The first-order chi connectivity index (χ1) is 12.9. The van der Waals surface area contributed by atoms with Gasteiger partial charge in [-0.05, 0) is 31.1 Å². The molecule has 0 aliphatic carbocycles. The highest BCUT2D eigenvalue weighted by molar-refractivity contribution is 7.98. The molecule has 0 bridgehead atoms. The van der Waals surface area contributed by atoms with Crippen LogP contribution in [0.5, 0.6) is 0 Å². The number of carbonyl (C=O) groups is 3. The van der Waals surface area contributed by atoms with E-state index >= 15 is 0 Å². The van der Waals surface area contributed by atoms with E-state index in [-0.39, 0.29) is 24.2 Å². The van der Waals surface area contributed by atoms with Crippen molar-refractivity contribution in [3.63, 3.8) is 0 Å². The van der Waals surface area contributed by atoms with E-state index in [9.17, 15) is 18.8 Å². The Kier molecular flexibility index (Phi) is 5.58. The lowest BCUT2D eigenvalue weighted by atomic mass is 9.78. The van der Waals surface area contributed by atoms with Gasteiger partial charge in [0.15, 0.2) is 0 Å². The molecule has 0 radical (unpaired) electrons. The van der Waals surface area contributed by atoms with Gasteiger partial charge in [-0.1, -0.05) is 12.1 Å².